The topological polar surface area (TPSA) is 26.3 Å². The first-order chi connectivity index (χ1) is 10.6. The predicted octanol–water partition coefficient (Wildman–Crippen LogP) is 4.47. The quantitative estimate of drug-likeness (QED) is 0.763. The number of aryl methyl sites for hydroxylation is 3. The van der Waals surface area contributed by atoms with Crippen molar-refractivity contribution in [3.63, 3.8) is 0 Å². The van der Waals surface area contributed by atoms with E-state index in [1.165, 1.54) is 34.9 Å². The van der Waals surface area contributed by atoms with Gasteiger partial charge in [-0.2, -0.15) is 0 Å². The van der Waals surface area contributed by atoms with Crippen molar-refractivity contribution < 1.29 is 9.53 Å². The zero-order chi connectivity index (χ0) is 15.7. The zero-order valence-corrected chi connectivity index (χ0v) is 13.3. The number of carbonyl (C=O) groups excluding carboxylic acids is 1. The Hall–Kier alpha value is -2.35. The standard InChI is InChI=1S/C20H20O2/c1-13-7-8-14(2)18(11-13)17-6-4-5-15-9-10-16(12-19(15)17)20(21)22-3/h6-12H,4-5H2,1-3H3. The summed E-state index contributed by atoms with van der Waals surface area (Å²) in [5, 5.41) is 0. The number of hydrogen-bond donors (Lipinski definition) is 0. The molecule has 2 aromatic rings. The molecular weight excluding hydrogens is 272 g/mol. The molecule has 0 spiro atoms. The van der Waals surface area contributed by atoms with Crippen LogP contribution < -0.4 is 0 Å². The van der Waals surface area contributed by atoms with Crippen LogP contribution in [0, 0.1) is 13.8 Å². The van der Waals surface area contributed by atoms with Crippen LogP contribution in [0.2, 0.25) is 0 Å². The molecule has 0 aliphatic heterocycles. The van der Waals surface area contributed by atoms with Crippen LogP contribution in [-0.2, 0) is 11.2 Å². The van der Waals surface area contributed by atoms with Gasteiger partial charge in [0.1, 0.15) is 0 Å². The lowest BCUT2D eigenvalue weighted by atomic mass is 9.84. The van der Waals surface area contributed by atoms with Crippen LogP contribution in [0.1, 0.15) is 44.6 Å². The van der Waals surface area contributed by atoms with Crippen LogP contribution in [0.25, 0.3) is 5.57 Å². The minimum atomic E-state index is -0.284. The van der Waals surface area contributed by atoms with Gasteiger partial charge in [-0.3, -0.25) is 0 Å². The van der Waals surface area contributed by atoms with Gasteiger partial charge in [-0.1, -0.05) is 35.9 Å². The van der Waals surface area contributed by atoms with Gasteiger partial charge in [0.2, 0.25) is 0 Å². The first-order valence-corrected chi connectivity index (χ1v) is 7.59. The fraction of sp³-hybridized carbons (Fsp3) is 0.250. The monoisotopic (exact) mass is 292 g/mol. The largest absolute Gasteiger partial charge is 0.465 e. The second kappa shape index (κ2) is 5.80. The highest BCUT2D eigenvalue weighted by Gasteiger charge is 2.18. The summed E-state index contributed by atoms with van der Waals surface area (Å²) in [5.41, 5.74) is 8.05. The summed E-state index contributed by atoms with van der Waals surface area (Å²) in [4.78, 5) is 11.8. The zero-order valence-electron chi connectivity index (χ0n) is 13.3. The smallest absolute Gasteiger partial charge is 0.337 e. The van der Waals surface area contributed by atoms with Gasteiger partial charge in [-0.25, -0.2) is 4.79 Å². The summed E-state index contributed by atoms with van der Waals surface area (Å²) in [6.07, 6.45) is 4.34. The summed E-state index contributed by atoms with van der Waals surface area (Å²) in [5.74, 6) is -0.284. The number of rotatable bonds is 2. The van der Waals surface area contributed by atoms with Gasteiger partial charge in [0, 0.05) is 0 Å². The number of methoxy groups -OCH3 is 1. The molecule has 3 rings (SSSR count). The normalized spacial score (nSPS) is 13.3. The number of hydrogen-bond acceptors (Lipinski definition) is 2. The van der Waals surface area contributed by atoms with Crippen molar-refractivity contribution in [1.29, 1.82) is 0 Å². The number of carbonyl (C=O) groups is 1. The van der Waals surface area contributed by atoms with E-state index in [4.69, 9.17) is 4.74 Å². The summed E-state index contributed by atoms with van der Waals surface area (Å²) < 4.78 is 4.85. The van der Waals surface area contributed by atoms with E-state index in [0.717, 1.165) is 18.4 Å². The molecule has 0 heterocycles. The van der Waals surface area contributed by atoms with Crippen molar-refractivity contribution in [3.8, 4) is 0 Å². The number of allylic oxidation sites excluding steroid dienone is 1. The van der Waals surface area contributed by atoms with E-state index in [0.29, 0.717) is 5.56 Å². The maximum Gasteiger partial charge on any atom is 0.337 e. The fourth-order valence-corrected chi connectivity index (χ4v) is 3.05. The average molecular weight is 292 g/mol. The molecule has 0 fully saturated rings. The molecule has 0 atom stereocenters. The van der Waals surface area contributed by atoms with Crippen LogP contribution in [0.4, 0.5) is 0 Å². The molecule has 0 N–H and O–H groups in total. The minimum Gasteiger partial charge on any atom is -0.465 e. The minimum absolute atomic E-state index is 0.284. The lowest BCUT2D eigenvalue weighted by Gasteiger charge is -2.20. The third-order valence-electron chi connectivity index (χ3n) is 4.27. The van der Waals surface area contributed by atoms with Crippen molar-refractivity contribution in [2.24, 2.45) is 0 Å². The van der Waals surface area contributed by atoms with Gasteiger partial charge >= 0.3 is 5.97 Å². The summed E-state index contributed by atoms with van der Waals surface area (Å²) in [6, 6.07) is 12.4. The number of benzene rings is 2. The van der Waals surface area contributed by atoms with Crippen molar-refractivity contribution in [2.45, 2.75) is 26.7 Å². The summed E-state index contributed by atoms with van der Waals surface area (Å²) in [7, 11) is 1.42. The van der Waals surface area contributed by atoms with Crippen LogP contribution in [-0.4, -0.2) is 13.1 Å². The second-order valence-corrected chi connectivity index (χ2v) is 5.84. The van der Waals surface area contributed by atoms with Crippen molar-refractivity contribution >= 4 is 11.5 Å². The van der Waals surface area contributed by atoms with E-state index < -0.39 is 0 Å². The van der Waals surface area contributed by atoms with Gasteiger partial charge in [0.05, 0.1) is 12.7 Å². The van der Waals surface area contributed by atoms with Crippen LogP contribution >= 0.6 is 0 Å². The van der Waals surface area contributed by atoms with Crippen LogP contribution in [0.15, 0.2) is 42.5 Å². The highest BCUT2D eigenvalue weighted by atomic mass is 16.5. The van der Waals surface area contributed by atoms with Gasteiger partial charge < -0.3 is 4.74 Å². The Morgan fingerprint density at radius 2 is 1.86 bits per heavy atom. The molecule has 22 heavy (non-hydrogen) atoms. The Morgan fingerprint density at radius 3 is 2.64 bits per heavy atom. The summed E-state index contributed by atoms with van der Waals surface area (Å²) >= 11 is 0. The highest BCUT2D eigenvalue weighted by molar-refractivity contribution is 5.93. The Morgan fingerprint density at radius 1 is 1.05 bits per heavy atom. The Bertz CT molecular complexity index is 769. The molecule has 2 nitrogen and oxygen atoms in total. The molecule has 0 aromatic heterocycles. The Labute approximate surface area is 131 Å². The maximum absolute atomic E-state index is 11.8. The summed E-state index contributed by atoms with van der Waals surface area (Å²) in [6.45, 7) is 4.24. The molecule has 0 bridgehead atoms. The third kappa shape index (κ3) is 2.57. The molecule has 0 unspecified atom stereocenters. The molecular formula is C20H20O2. The van der Waals surface area contributed by atoms with Crippen LogP contribution in [0.3, 0.4) is 0 Å². The van der Waals surface area contributed by atoms with Crippen molar-refractivity contribution in [1.82, 2.24) is 0 Å². The number of fused-ring (bicyclic) bond motifs is 1. The molecule has 0 amide bonds. The van der Waals surface area contributed by atoms with Crippen molar-refractivity contribution in [2.75, 3.05) is 7.11 Å². The molecule has 2 heteroatoms. The lowest BCUT2D eigenvalue weighted by molar-refractivity contribution is 0.0600. The molecule has 112 valence electrons. The van der Waals surface area contributed by atoms with E-state index in [9.17, 15) is 4.79 Å². The molecule has 0 saturated heterocycles. The Kier molecular flexibility index (Phi) is 3.84. The number of esters is 1. The molecule has 1 aliphatic carbocycles. The van der Waals surface area contributed by atoms with Crippen LogP contribution in [0.5, 0.6) is 0 Å². The fourth-order valence-electron chi connectivity index (χ4n) is 3.05. The van der Waals surface area contributed by atoms with E-state index in [-0.39, 0.29) is 5.97 Å². The van der Waals surface area contributed by atoms with E-state index >= 15 is 0 Å². The molecule has 0 radical (unpaired) electrons. The van der Waals surface area contributed by atoms with E-state index in [2.05, 4.69) is 44.2 Å². The number of ether oxygens (including phenoxy) is 1. The molecule has 0 saturated carbocycles. The van der Waals surface area contributed by atoms with Gasteiger partial charge in [-0.05, 0) is 66.6 Å². The van der Waals surface area contributed by atoms with Gasteiger partial charge in [-0.15, -0.1) is 0 Å². The van der Waals surface area contributed by atoms with Gasteiger partial charge in [0.15, 0.2) is 0 Å². The predicted molar refractivity (Wildman–Crippen MR) is 89.1 cm³/mol. The van der Waals surface area contributed by atoms with E-state index in [1.807, 2.05) is 12.1 Å². The molecule has 2 aromatic carbocycles. The SMILES string of the molecule is COC(=O)c1ccc2c(c1)C(c1cc(C)ccc1C)=CCC2. The van der Waals surface area contributed by atoms with Crippen molar-refractivity contribution in [3.05, 3.63) is 75.9 Å². The first-order valence-electron chi connectivity index (χ1n) is 7.59. The van der Waals surface area contributed by atoms with Gasteiger partial charge in [0.25, 0.3) is 0 Å². The first kappa shape index (κ1) is 14.6. The Balaban J connectivity index is 2.14. The van der Waals surface area contributed by atoms with E-state index in [1.54, 1.807) is 0 Å². The third-order valence-corrected chi connectivity index (χ3v) is 4.27. The molecule has 1 aliphatic rings. The maximum atomic E-state index is 11.8. The second-order valence-electron chi connectivity index (χ2n) is 5.84. The average Bonchev–Trinajstić information content (AvgIpc) is 2.55. The highest BCUT2D eigenvalue weighted by Crippen LogP contribution is 2.34. The lowest BCUT2D eigenvalue weighted by Crippen LogP contribution is -2.07.